The van der Waals surface area contributed by atoms with Crippen LogP contribution in [0.3, 0.4) is 0 Å². The molecule has 0 unspecified atom stereocenters. The molecule has 0 spiro atoms. The Morgan fingerprint density at radius 2 is 1.30 bits per heavy atom. The molecular formula is C55H63F6N19O3Si. The molecule has 0 bridgehead atoms. The van der Waals surface area contributed by atoms with Gasteiger partial charge >= 0.3 is 18.4 Å². The van der Waals surface area contributed by atoms with E-state index in [1.807, 2.05) is 37.3 Å². The fraction of sp³-hybridized carbons (Fsp3) is 0.436. The van der Waals surface area contributed by atoms with Gasteiger partial charge in [-0.25, -0.2) is 44.1 Å². The van der Waals surface area contributed by atoms with Gasteiger partial charge in [0.25, 0.3) is 0 Å². The SMILES string of the molecule is CC1CCC(Nc2ncc(C(F)(F)F)c(-c3c[nH]c4nc(-c5nnnn5C)ccc34)n2)CC1.C[C@H]1CC[C@H](Nc2ncc(C(F)(F)F)c(-c3cn(COCC[Si](C)(C)C)c4nc(-c5nnnn5C)ccc34)n2)CN1C(=O)OCc1ccccc1. The van der Waals surface area contributed by atoms with Gasteiger partial charge in [-0.1, -0.05) is 56.9 Å². The van der Waals surface area contributed by atoms with Crippen LogP contribution in [-0.2, 0) is 49.3 Å². The number of ether oxygens (including phenoxy) is 2. The molecule has 11 rings (SSSR count). The van der Waals surface area contributed by atoms with E-state index in [9.17, 15) is 31.1 Å². The van der Waals surface area contributed by atoms with E-state index >= 15 is 0 Å². The lowest BCUT2D eigenvalue weighted by atomic mass is 9.87. The van der Waals surface area contributed by atoms with Crippen LogP contribution in [0.4, 0.5) is 43.0 Å². The van der Waals surface area contributed by atoms with Gasteiger partial charge in [-0.3, -0.25) is 0 Å². The quantitative estimate of drug-likeness (QED) is 0.0490. The lowest BCUT2D eigenvalue weighted by molar-refractivity contribution is -0.138. The highest BCUT2D eigenvalue weighted by atomic mass is 28.3. The summed E-state index contributed by atoms with van der Waals surface area (Å²) in [7, 11) is 1.97. The molecule has 2 fully saturated rings. The number of aromatic amines is 1. The van der Waals surface area contributed by atoms with Crippen LogP contribution in [0.25, 0.3) is 67.6 Å². The number of alkyl halides is 6. The van der Waals surface area contributed by atoms with E-state index in [2.05, 4.69) is 98.2 Å². The first-order chi connectivity index (χ1) is 40.1. The fourth-order valence-electron chi connectivity index (χ4n) is 10.1. The summed E-state index contributed by atoms with van der Waals surface area (Å²) in [6.45, 7) is 11.9. The number of aromatic nitrogens is 16. The van der Waals surface area contributed by atoms with Crippen molar-refractivity contribution in [2.45, 2.75) is 122 Å². The van der Waals surface area contributed by atoms with Crippen LogP contribution >= 0.6 is 0 Å². The molecule has 29 heteroatoms. The van der Waals surface area contributed by atoms with Crippen molar-refractivity contribution in [3.8, 4) is 45.6 Å². The van der Waals surface area contributed by atoms with Crippen molar-refractivity contribution in [2.24, 2.45) is 20.0 Å². The topological polar surface area (TPSA) is 248 Å². The lowest BCUT2D eigenvalue weighted by Crippen LogP contribution is -2.50. The van der Waals surface area contributed by atoms with E-state index < -0.39 is 37.6 Å². The zero-order valence-corrected chi connectivity index (χ0v) is 48.2. The number of rotatable bonds is 15. The van der Waals surface area contributed by atoms with Crippen molar-refractivity contribution in [3.63, 3.8) is 0 Å². The zero-order chi connectivity index (χ0) is 59.5. The van der Waals surface area contributed by atoms with Gasteiger partial charge in [0.05, 0.1) is 11.4 Å². The average Bonchev–Trinajstić information content (AvgIpc) is 1.88. The van der Waals surface area contributed by atoms with E-state index in [1.165, 1.54) is 15.6 Å². The maximum atomic E-state index is 14.5. The molecule has 9 aromatic rings. The second-order valence-electron chi connectivity index (χ2n) is 22.4. The molecule has 3 N–H and O–H groups in total. The highest BCUT2D eigenvalue weighted by molar-refractivity contribution is 6.76. The number of tetrazole rings is 2. The molecule has 22 nitrogen and oxygen atoms in total. The van der Waals surface area contributed by atoms with Gasteiger partial charge in [-0.15, -0.1) is 10.2 Å². The first kappa shape index (κ1) is 58.7. The number of aryl methyl sites for hydroxylation is 2. The highest BCUT2D eigenvalue weighted by Gasteiger charge is 2.39. The molecule has 1 aliphatic heterocycles. The Labute approximate surface area is 479 Å². The average molecular weight is 1180 g/mol. The minimum absolute atomic E-state index is 0.0113. The number of likely N-dealkylation sites (tertiary alicyclic amines) is 1. The first-order valence-corrected chi connectivity index (χ1v) is 31.2. The van der Waals surface area contributed by atoms with Gasteiger partial charge in [-0.2, -0.15) is 26.3 Å². The van der Waals surface area contributed by atoms with Crippen LogP contribution in [0.2, 0.25) is 25.7 Å². The molecule has 442 valence electrons. The second-order valence-corrected chi connectivity index (χ2v) is 28.1. The van der Waals surface area contributed by atoms with Crippen molar-refractivity contribution in [2.75, 3.05) is 23.8 Å². The molecule has 1 amide bonds. The van der Waals surface area contributed by atoms with E-state index in [4.69, 9.17) is 14.5 Å². The van der Waals surface area contributed by atoms with Crippen molar-refractivity contribution in [3.05, 3.63) is 96.1 Å². The van der Waals surface area contributed by atoms with Crippen LogP contribution in [-0.4, -0.2) is 130 Å². The number of carbonyl (C=O) groups is 1. The van der Waals surface area contributed by atoms with Crippen LogP contribution in [0.5, 0.6) is 0 Å². The summed E-state index contributed by atoms with van der Waals surface area (Å²) < 4.78 is 101. The molecule has 2 atom stereocenters. The number of hydrogen-bond donors (Lipinski definition) is 3. The van der Waals surface area contributed by atoms with E-state index in [0.29, 0.717) is 76.0 Å². The smallest absolute Gasteiger partial charge is 0.419 e. The number of hydrogen-bond acceptors (Lipinski definition) is 17. The number of pyridine rings is 2. The Morgan fingerprint density at radius 3 is 1.89 bits per heavy atom. The summed E-state index contributed by atoms with van der Waals surface area (Å²) in [5.41, 5.74) is 0.758. The number of carbonyl (C=O) groups excluding carboxylic acids is 1. The predicted molar refractivity (Wildman–Crippen MR) is 302 cm³/mol. The van der Waals surface area contributed by atoms with E-state index in [0.717, 1.165) is 49.7 Å². The first-order valence-electron chi connectivity index (χ1n) is 27.5. The van der Waals surface area contributed by atoms with Crippen LogP contribution < -0.4 is 10.6 Å². The molecule has 84 heavy (non-hydrogen) atoms. The molecule has 1 saturated heterocycles. The van der Waals surface area contributed by atoms with Crippen molar-refractivity contribution in [1.82, 2.24) is 84.8 Å². The third-order valence-corrected chi connectivity index (χ3v) is 16.6. The van der Waals surface area contributed by atoms with E-state index in [1.54, 1.807) is 54.0 Å². The molecule has 1 aromatic carbocycles. The third kappa shape index (κ3) is 13.6. The maximum absolute atomic E-state index is 14.5. The summed E-state index contributed by atoms with van der Waals surface area (Å²) in [6.07, 6.45) is 0.246. The molecule has 1 saturated carbocycles. The third-order valence-electron chi connectivity index (χ3n) is 14.9. The number of benzene rings is 1. The van der Waals surface area contributed by atoms with Gasteiger partial charge in [0.1, 0.15) is 47.1 Å². The lowest BCUT2D eigenvalue weighted by Gasteiger charge is -2.37. The number of nitrogens with zero attached hydrogens (tertiary/aromatic N) is 16. The monoisotopic (exact) mass is 1180 g/mol. The summed E-state index contributed by atoms with van der Waals surface area (Å²) in [4.78, 5) is 43.7. The zero-order valence-electron chi connectivity index (χ0n) is 47.2. The summed E-state index contributed by atoms with van der Waals surface area (Å²) >= 11 is 0. The summed E-state index contributed by atoms with van der Waals surface area (Å²) in [5.74, 6) is 1.71. The van der Waals surface area contributed by atoms with Gasteiger partial charge in [0, 0.05) is 100 Å². The maximum Gasteiger partial charge on any atom is 0.419 e. The van der Waals surface area contributed by atoms with Gasteiger partial charge in [0.2, 0.25) is 11.9 Å². The van der Waals surface area contributed by atoms with E-state index in [-0.39, 0.29) is 66.9 Å². The summed E-state index contributed by atoms with van der Waals surface area (Å²) in [5, 5.41) is 30.3. The second kappa shape index (κ2) is 24.4. The Hall–Kier alpha value is -8.47. The molecule has 2 aliphatic rings. The Morgan fingerprint density at radius 1 is 0.714 bits per heavy atom. The Kier molecular flexibility index (Phi) is 17.0. The highest BCUT2D eigenvalue weighted by Crippen LogP contribution is 2.41. The summed E-state index contributed by atoms with van der Waals surface area (Å²) in [6, 6.07) is 16.8. The normalized spacial score (nSPS) is 17.8. The van der Waals surface area contributed by atoms with Gasteiger partial charge in [-0.05, 0) is 108 Å². The Balaban J connectivity index is 0.000000205. The Bertz CT molecular complexity index is 3740. The number of nitrogens with one attached hydrogen (secondary N) is 3. The predicted octanol–water partition coefficient (Wildman–Crippen LogP) is 10.8. The van der Waals surface area contributed by atoms with Gasteiger partial charge < -0.3 is 34.6 Å². The van der Waals surface area contributed by atoms with Crippen molar-refractivity contribution >= 4 is 48.1 Å². The fourth-order valence-corrected chi connectivity index (χ4v) is 10.9. The number of piperidine rings is 1. The van der Waals surface area contributed by atoms with Crippen LogP contribution in [0.15, 0.2) is 79.4 Å². The molecule has 1 aliphatic carbocycles. The van der Waals surface area contributed by atoms with Crippen LogP contribution in [0.1, 0.15) is 69.1 Å². The van der Waals surface area contributed by atoms with Gasteiger partial charge in [0.15, 0.2) is 11.6 Å². The minimum atomic E-state index is -4.74. The number of H-pyrrole nitrogens is 1. The van der Waals surface area contributed by atoms with Crippen molar-refractivity contribution in [1.29, 1.82) is 0 Å². The standard InChI is InChI=1S/C34H41F3N10O3Si.C21H22F3N9/c1-22-11-12-24(18-47(22)33(48)50-20-23-9-7-6-8-10-23)39-32-38-17-27(34(35,36)37)29(41-32)26-19-46(21-49-15-16-51(3,4)5)30-25(26)13-14-28(40-30)31-42-43-44-45(31)2;1-11-3-5-12(6-4-11)27-20-26-10-15(21(22,23)24)17(29-20)14-9-25-18-13(14)7-8-16(28-18)19-30-31-32-33(19)2/h6-10,13-14,17,19,22,24H,11-12,15-16,18,20-21H2,1-5H3,(H,38,39,41);7-12H,3-6H2,1-2H3,(H,25,28)(H,26,27,29)/t22-,24-;/m0./s1. The number of anilines is 2. The largest absolute Gasteiger partial charge is 0.445 e. The van der Waals surface area contributed by atoms with Crippen LogP contribution in [0, 0.1) is 5.92 Å². The number of fused-ring (bicyclic) bond motifs is 2. The molecule has 8 aromatic heterocycles. The molecule has 0 radical (unpaired) electrons. The molecule has 9 heterocycles. The van der Waals surface area contributed by atoms with Crippen molar-refractivity contribution < 1.29 is 40.6 Å². The molecular weight excluding hydrogens is 1120 g/mol. The minimum Gasteiger partial charge on any atom is -0.445 e. The number of amides is 1. The number of halogens is 6.